The van der Waals surface area contributed by atoms with Gasteiger partial charge in [0.15, 0.2) is 0 Å². The van der Waals surface area contributed by atoms with Crippen molar-refractivity contribution in [1.29, 1.82) is 0 Å². The topological polar surface area (TPSA) is 53.5 Å². The van der Waals surface area contributed by atoms with Gasteiger partial charge in [0.25, 0.3) is 0 Å². The van der Waals surface area contributed by atoms with E-state index in [1.807, 2.05) is 31.2 Å². The summed E-state index contributed by atoms with van der Waals surface area (Å²) in [5, 5.41) is 3.33. The molecule has 6 nitrogen and oxygen atoms in total. The van der Waals surface area contributed by atoms with E-state index in [4.69, 9.17) is 9.72 Å². The van der Waals surface area contributed by atoms with Crippen LogP contribution in [0.15, 0.2) is 30.3 Å². The van der Waals surface area contributed by atoms with Crippen LogP contribution in [0.5, 0.6) is 5.75 Å². The van der Waals surface area contributed by atoms with E-state index in [0.717, 1.165) is 49.0 Å². The molecule has 1 aliphatic rings. The van der Waals surface area contributed by atoms with Crippen molar-refractivity contribution in [1.82, 2.24) is 14.9 Å². The SMILES string of the molecule is COc1ccccc1CNc1nc(C)cc(N2CCN(C)CC2)n1. The average Bonchev–Trinajstić information content (AvgIpc) is 2.60. The molecule has 0 radical (unpaired) electrons. The van der Waals surface area contributed by atoms with Crippen molar-refractivity contribution in [3.8, 4) is 5.75 Å². The highest BCUT2D eigenvalue weighted by Gasteiger charge is 2.16. The van der Waals surface area contributed by atoms with E-state index in [2.05, 4.69) is 33.2 Å². The number of piperazine rings is 1. The molecule has 2 heterocycles. The number of anilines is 2. The van der Waals surface area contributed by atoms with Crippen molar-refractivity contribution >= 4 is 11.8 Å². The Morgan fingerprint density at radius 1 is 1.12 bits per heavy atom. The van der Waals surface area contributed by atoms with Crippen LogP contribution in [0.3, 0.4) is 0 Å². The van der Waals surface area contributed by atoms with Crippen LogP contribution in [-0.4, -0.2) is 55.2 Å². The van der Waals surface area contributed by atoms with Gasteiger partial charge in [-0.1, -0.05) is 18.2 Å². The number of ether oxygens (including phenoxy) is 1. The molecule has 6 heteroatoms. The van der Waals surface area contributed by atoms with Crippen molar-refractivity contribution in [2.24, 2.45) is 0 Å². The van der Waals surface area contributed by atoms with Crippen molar-refractivity contribution in [3.05, 3.63) is 41.6 Å². The lowest BCUT2D eigenvalue weighted by Gasteiger charge is -2.33. The number of rotatable bonds is 5. The fraction of sp³-hybridized carbons (Fsp3) is 0.444. The molecule has 1 fully saturated rings. The van der Waals surface area contributed by atoms with Gasteiger partial charge in [-0.2, -0.15) is 4.98 Å². The highest BCUT2D eigenvalue weighted by molar-refractivity contribution is 5.46. The van der Waals surface area contributed by atoms with E-state index in [-0.39, 0.29) is 0 Å². The van der Waals surface area contributed by atoms with Gasteiger partial charge in [-0.3, -0.25) is 0 Å². The zero-order valence-corrected chi connectivity index (χ0v) is 14.6. The van der Waals surface area contributed by atoms with Crippen LogP contribution in [-0.2, 0) is 6.54 Å². The molecule has 3 rings (SSSR count). The number of aryl methyl sites for hydroxylation is 1. The quantitative estimate of drug-likeness (QED) is 0.908. The lowest BCUT2D eigenvalue weighted by molar-refractivity contribution is 0.312. The standard InChI is InChI=1S/C18H25N5O/c1-14-12-17(23-10-8-22(2)9-11-23)21-18(20-14)19-13-15-6-4-5-7-16(15)24-3/h4-7,12H,8-11,13H2,1-3H3,(H,19,20,21). The fourth-order valence-corrected chi connectivity index (χ4v) is 2.85. The minimum absolute atomic E-state index is 0.635. The van der Waals surface area contributed by atoms with Crippen LogP contribution < -0.4 is 15.0 Å². The summed E-state index contributed by atoms with van der Waals surface area (Å²) in [5.74, 6) is 2.53. The number of aromatic nitrogens is 2. The van der Waals surface area contributed by atoms with Gasteiger partial charge in [-0.15, -0.1) is 0 Å². The van der Waals surface area contributed by atoms with E-state index in [1.165, 1.54) is 0 Å². The van der Waals surface area contributed by atoms with Gasteiger partial charge in [-0.25, -0.2) is 4.98 Å². The Morgan fingerprint density at radius 2 is 1.88 bits per heavy atom. The number of para-hydroxylation sites is 1. The summed E-state index contributed by atoms with van der Waals surface area (Å²) >= 11 is 0. The molecule has 1 aromatic heterocycles. The molecule has 0 atom stereocenters. The summed E-state index contributed by atoms with van der Waals surface area (Å²) in [6.07, 6.45) is 0. The van der Waals surface area contributed by atoms with E-state index in [9.17, 15) is 0 Å². The second kappa shape index (κ2) is 7.49. The van der Waals surface area contributed by atoms with Crippen molar-refractivity contribution in [2.45, 2.75) is 13.5 Å². The zero-order valence-electron chi connectivity index (χ0n) is 14.6. The third-order valence-electron chi connectivity index (χ3n) is 4.30. The molecule has 0 saturated carbocycles. The molecule has 128 valence electrons. The molecular weight excluding hydrogens is 302 g/mol. The first kappa shape index (κ1) is 16.5. The summed E-state index contributed by atoms with van der Waals surface area (Å²) in [5.41, 5.74) is 2.06. The fourth-order valence-electron chi connectivity index (χ4n) is 2.85. The van der Waals surface area contributed by atoms with Gasteiger partial charge < -0.3 is 19.9 Å². The predicted molar refractivity (Wildman–Crippen MR) is 96.8 cm³/mol. The second-order valence-corrected chi connectivity index (χ2v) is 6.15. The molecule has 0 aliphatic carbocycles. The smallest absolute Gasteiger partial charge is 0.225 e. The Kier molecular flexibility index (Phi) is 5.15. The van der Waals surface area contributed by atoms with Gasteiger partial charge in [0.2, 0.25) is 5.95 Å². The van der Waals surface area contributed by atoms with Gasteiger partial charge in [0.1, 0.15) is 11.6 Å². The molecule has 1 aromatic carbocycles. The lowest BCUT2D eigenvalue weighted by atomic mass is 10.2. The summed E-state index contributed by atoms with van der Waals surface area (Å²) < 4.78 is 5.39. The summed E-state index contributed by atoms with van der Waals surface area (Å²) in [6, 6.07) is 10.0. The van der Waals surface area contributed by atoms with Crippen molar-refractivity contribution < 1.29 is 4.74 Å². The molecule has 1 N–H and O–H groups in total. The summed E-state index contributed by atoms with van der Waals surface area (Å²) in [4.78, 5) is 13.9. The minimum atomic E-state index is 0.635. The van der Waals surface area contributed by atoms with Crippen LogP contribution in [0.25, 0.3) is 0 Å². The number of nitrogens with one attached hydrogen (secondary N) is 1. The van der Waals surface area contributed by atoms with Gasteiger partial charge in [-0.05, 0) is 20.0 Å². The number of methoxy groups -OCH3 is 1. The second-order valence-electron chi connectivity index (χ2n) is 6.15. The van der Waals surface area contributed by atoms with Crippen molar-refractivity contribution in [2.75, 3.05) is 50.6 Å². The predicted octanol–water partition coefficient (Wildman–Crippen LogP) is 2.16. The van der Waals surface area contributed by atoms with E-state index in [0.29, 0.717) is 12.5 Å². The molecule has 0 unspecified atom stereocenters. The first-order chi connectivity index (χ1) is 11.7. The van der Waals surface area contributed by atoms with Gasteiger partial charge in [0, 0.05) is 50.0 Å². The van der Waals surface area contributed by atoms with Crippen LogP contribution in [0.4, 0.5) is 11.8 Å². The Balaban J connectivity index is 1.72. The third kappa shape index (κ3) is 3.94. The Bertz CT molecular complexity index is 683. The van der Waals surface area contributed by atoms with E-state index in [1.54, 1.807) is 7.11 Å². The van der Waals surface area contributed by atoms with Crippen LogP contribution >= 0.6 is 0 Å². The highest BCUT2D eigenvalue weighted by Crippen LogP contribution is 2.20. The van der Waals surface area contributed by atoms with Crippen LogP contribution in [0, 0.1) is 6.92 Å². The maximum Gasteiger partial charge on any atom is 0.225 e. The maximum absolute atomic E-state index is 5.39. The normalized spacial score (nSPS) is 15.4. The summed E-state index contributed by atoms with van der Waals surface area (Å²) in [6.45, 7) is 6.77. The van der Waals surface area contributed by atoms with Crippen LogP contribution in [0.2, 0.25) is 0 Å². The molecular formula is C18H25N5O. The molecule has 0 amide bonds. The molecule has 0 bridgehead atoms. The first-order valence-electron chi connectivity index (χ1n) is 8.30. The van der Waals surface area contributed by atoms with E-state index < -0.39 is 0 Å². The molecule has 24 heavy (non-hydrogen) atoms. The van der Waals surface area contributed by atoms with E-state index >= 15 is 0 Å². The average molecular weight is 327 g/mol. The number of benzene rings is 1. The lowest BCUT2D eigenvalue weighted by Crippen LogP contribution is -2.44. The largest absolute Gasteiger partial charge is 0.496 e. The zero-order chi connectivity index (χ0) is 16.9. The van der Waals surface area contributed by atoms with Crippen molar-refractivity contribution in [3.63, 3.8) is 0 Å². The summed E-state index contributed by atoms with van der Waals surface area (Å²) in [7, 11) is 3.84. The Hall–Kier alpha value is -2.34. The number of likely N-dealkylation sites (N-methyl/N-ethyl adjacent to an activating group) is 1. The number of hydrogen-bond donors (Lipinski definition) is 1. The third-order valence-corrected chi connectivity index (χ3v) is 4.30. The molecule has 2 aromatic rings. The first-order valence-corrected chi connectivity index (χ1v) is 8.30. The van der Waals surface area contributed by atoms with Gasteiger partial charge in [0.05, 0.1) is 7.11 Å². The number of hydrogen-bond acceptors (Lipinski definition) is 6. The van der Waals surface area contributed by atoms with Crippen LogP contribution in [0.1, 0.15) is 11.3 Å². The molecule has 0 spiro atoms. The maximum atomic E-state index is 5.39. The van der Waals surface area contributed by atoms with Gasteiger partial charge >= 0.3 is 0 Å². The Morgan fingerprint density at radius 3 is 2.62 bits per heavy atom. The molecule has 1 aliphatic heterocycles. The monoisotopic (exact) mass is 327 g/mol. The molecule has 1 saturated heterocycles. The number of nitrogens with zero attached hydrogens (tertiary/aromatic N) is 4. The minimum Gasteiger partial charge on any atom is -0.496 e. The Labute approximate surface area is 143 Å². The highest BCUT2D eigenvalue weighted by atomic mass is 16.5.